The molecule has 0 atom stereocenters. The van der Waals surface area contributed by atoms with E-state index in [1.807, 2.05) is 4.57 Å². The van der Waals surface area contributed by atoms with Gasteiger partial charge in [-0.2, -0.15) is 0 Å². The van der Waals surface area contributed by atoms with Crippen molar-refractivity contribution in [3.05, 3.63) is 106 Å². The Morgan fingerprint density at radius 1 is 0.976 bits per heavy atom. The van der Waals surface area contributed by atoms with Crippen LogP contribution in [0.2, 0.25) is 0 Å². The van der Waals surface area contributed by atoms with Gasteiger partial charge < -0.3 is 18.8 Å². The van der Waals surface area contributed by atoms with E-state index in [-0.39, 0.29) is 29.4 Å². The van der Waals surface area contributed by atoms with Crippen LogP contribution >= 0.6 is 0 Å². The summed E-state index contributed by atoms with van der Waals surface area (Å²) in [4.78, 5) is 35.5. The van der Waals surface area contributed by atoms with Crippen molar-refractivity contribution >= 4 is 16.8 Å². The molecular formula is C32H25F2N3O5. The molecule has 0 amide bonds. The molecule has 212 valence electrons. The predicted molar refractivity (Wildman–Crippen MR) is 152 cm³/mol. The number of carbonyl (C=O) groups is 1. The number of halogens is 2. The third-order valence-corrected chi connectivity index (χ3v) is 7.24. The van der Waals surface area contributed by atoms with Crippen LogP contribution in [0.4, 0.5) is 8.78 Å². The number of fused-ring (bicyclic) bond motifs is 2. The van der Waals surface area contributed by atoms with Gasteiger partial charge in [0.2, 0.25) is 0 Å². The molecular weight excluding hydrogens is 544 g/mol. The van der Waals surface area contributed by atoms with E-state index < -0.39 is 22.8 Å². The maximum Gasteiger partial charge on any atom is 0.257 e. The summed E-state index contributed by atoms with van der Waals surface area (Å²) in [6.45, 7) is 0.669. The lowest BCUT2D eigenvalue weighted by Gasteiger charge is -2.14. The molecule has 0 spiro atoms. The number of pyridine rings is 3. The first-order valence-corrected chi connectivity index (χ1v) is 13.3. The van der Waals surface area contributed by atoms with E-state index in [0.29, 0.717) is 46.4 Å². The first-order valence-electron chi connectivity index (χ1n) is 13.3. The Labute approximate surface area is 239 Å². The number of aromatic nitrogens is 3. The van der Waals surface area contributed by atoms with Gasteiger partial charge in [0.1, 0.15) is 11.3 Å². The van der Waals surface area contributed by atoms with Crippen molar-refractivity contribution in [2.24, 2.45) is 0 Å². The smallest absolute Gasteiger partial charge is 0.257 e. The standard InChI is InChI=1S/C32H25F2N3O5/c1-40-28-16-23-30(36-32(28)41-2)27(11-12-35-23)42-26-10-5-18(14-22(26)34)15-25(38)21-17-37-13-3-4-24(37)29(31(21)39)19-6-8-20(33)9-7-19/h5-12,14,16-17H,3-4,13,15H2,1-2H3. The third-order valence-electron chi connectivity index (χ3n) is 7.24. The Kier molecular flexibility index (Phi) is 7.12. The quantitative estimate of drug-likeness (QED) is 0.214. The van der Waals surface area contributed by atoms with Crippen molar-refractivity contribution in [3.63, 3.8) is 0 Å². The van der Waals surface area contributed by atoms with E-state index in [4.69, 9.17) is 14.2 Å². The number of methoxy groups -OCH3 is 2. The summed E-state index contributed by atoms with van der Waals surface area (Å²) in [5, 5.41) is 0. The minimum Gasteiger partial charge on any atom is -0.491 e. The highest BCUT2D eigenvalue weighted by atomic mass is 19.1. The Morgan fingerprint density at radius 2 is 1.79 bits per heavy atom. The van der Waals surface area contributed by atoms with Gasteiger partial charge in [-0.05, 0) is 48.2 Å². The number of ketones is 1. The number of hydrogen-bond acceptors (Lipinski definition) is 7. The molecule has 42 heavy (non-hydrogen) atoms. The van der Waals surface area contributed by atoms with Crippen molar-refractivity contribution < 1.29 is 27.8 Å². The van der Waals surface area contributed by atoms with Crippen LogP contribution in [0.25, 0.3) is 22.2 Å². The Balaban J connectivity index is 1.28. The molecule has 0 bridgehead atoms. The molecule has 10 heteroatoms. The van der Waals surface area contributed by atoms with Gasteiger partial charge in [-0.15, -0.1) is 0 Å². The molecule has 0 fully saturated rings. The van der Waals surface area contributed by atoms with Gasteiger partial charge >= 0.3 is 0 Å². The van der Waals surface area contributed by atoms with E-state index in [1.165, 1.54) is 44.7 Å². The van der Waals surface area contributed by atoms with Crippen LogP contribution in [0.3, 0.4) is 0 Å². The Bertz CT molecular complexity index is 1900. The number of nitrogens with zero attached hydrogens (tertiary/aromatic N) is 3. The van der Waals surface area contributed by atoms with Crippen LogP contribution in [0.15, 0.2) is 71.8 Å². The summed E-state index contributed by atoms with van der Waals surface area (Å²) in [5.41, 5.74) is 2.58. The highest BCUT2D eigenvalue weighted by Crippen LogP contribution is 2.35. The summed E-state index contributed by atoms with van der Waals surface area (Å²) in [6.07, 6.45) is 4.42. The molecule has 4 heterocycles. The van der Waals surface area contributed by atoms with Gasteiger partial charge in [-0.1, -0.05) is 18.2 Å². The first-order chi connectivity index (χ1) is 20.4. The zero-order valence-corrected chi connectivity index (χ0v) is 22.8. The summed E-state index contributed by atoms with van der Waals surface area (Å²) < 4.78 is 47.0. The van der Waals surface area contributed by atoms with E-state index in [0.717, 1.165) is 12.1 Å². The average Bonchev–Trinajstić information content (AvgIpc) is 3.46. The fourth-order valence-electron chi connectivity index (χ4n) is 5.22. The molecule has 2 aromatic carbocycles. The molecule has 0 radical (unpaired) electrons. The lowest BCUT2D eigenvalue weighted by atomic mass is 9.97. The van der Waals surface area contributed by atoms with Crippen molar-refractivity contribution in [1.29, 1.82) is 0 Å². The topological polar surface area (TPSA) is 92.5 Å². The molecule has 1 aliphatic rings. The normalized spacial score (nSPS) is 12.3. The number of ether oxygens (including phenoxy) is 3. The van der Waals surface area contributed by atoms with Crippen LogP contribution in [0.1, 0.15) is 28.0 Å². The fourth-order valence-corrected chi connectivity index (χ4v) is 5.22. The van der Waals surface area contributed by atoms with Gasteiger partial charge in [0.05, 0.1) is 25.3 Å². The maximum absolute atomic E-state index is 15.2. The van der Waals surface area contributed by atoms with E-state index in [1.54, 1.807) is 36.5 Å². The van der Waals surface area contributed by atoms with Gasteiger partial charge in [-0.25, -0.2) is 13.8 Å². The molecule has 3 aromatic heterocycles. The second kappa shape index (κ2) is 11.0. The monoisotopic (exact) mass is 569 g/mol. The minimum atomic E-state index is -0.691. The lowest BCUT2D eigenvalue weighted by molar-refractivity contribution is 0.0991. The van der Waals surface area contributed by atoms with E-state index >= 15 is 4.39 Å². The Morgan fingerprint density at radius 3 is 2.52 bits per heavy atom. The number of Topliss-reactive ketones (excluding diaryl/α,β-unsaturated/α-hetero) is 1. The molecule has 8 nitrogen and oxygen atoms in total. The second-order valence-electron chi connectivity index (χ2n) is 9.84. The van der Waals surface area contributed by atoms with E-state index in [2.05, 4.69) is 9.97 Å². The highest BCUT2D eigenvalue weighted by Gasteiger charge is 2.24. The zero-order valence-electron chi connectivity index (χ0n) is 22.8. The maximum atomic E-state index is 15.2. The molecule has 1 aliphatic heterocycles. The molecule has 0 saturated heterocycles. The lowest BCUT2D eigenvalue weighted by Crippen LogP contribution is -2.22. The van der Waals surface area contributed by atoms with Crippen molar-refractivity contribution in [1.82, 2.24) is 14.5 Å². The molecule has 0 saturated carbocycles. The average molecular weight is 570 g/mol. The molecule has 0 unspecified atom stereocenters. The van der Waals surface area contributed by atoms with Crippen LogP contribution < -0.4 is 19.6 Å². The number of carbonyl (C=O) groups excluding carboxylic acids is 1. The SMILES string of the molecule is COc1cc2nccc(Oc3ccc(CC(=O)c4cn5c(c(-c6ccc(F)cc6)c4=O)CCC5)cc3F)c2nc1OC. The summed E-state index contributed by atoms with van der Waals surface area (Å²) in [5.74, 6) is -0.752. The van der Waals surface area contributed by atoms with Gasteiger partial charge in [0.15, 0.2) is 34.3 Å². The highest BCUT2D eigenvalue weighted by molar-refractivity contribution is 5.98. The fraction of sp³-hybridized carbons (Fsp3) is 0.188. The predicted octanol–water partition coefficient (Wildman–Crippen LogP) is 5.92. The summed E-state index contributed by atoms with van der Waals surface area (Å²) >= 11 is 0. The Hall–Kier alpha value is -5.12. The molecule has 0 N–H and O–H groups in total. The van der Waals surface area contributed by atoms with Crippen LogP contribution in [0.5, 0.6) is 23.1 Å². The molecule has 6 rings (SSSR count). The number of hydrogen-bond donors (Lipinski definition) is 0. The third kappa shape index (κ3) is 4.96. The molecule has 0 aliphatic carbocycles. The number of aryl methyl sites for hydroxylation is 1. The largest absolute Gasteiger partial charge is 0.491 e. The van der Waals surface area contributed by atoms with Gasteiger partial charge in [-0.3, -0.25) is 14.6 Å². The number of benzene rings is 2. The molecule has 5 aromatic rings. The van der Waals surface area contributed by atoms with Gasteiger partial charge in [0, 0.05) is 48.7 Å². The van der Waals surface area contributed by atoms with Crippen molar-refractivity contribution in [3.8, 4) is 34.3 Å². The second-order valence-corrected chi connectivity index (χ2v) is 9.84. The zero-order chi connectivity index (χ0) is 29.4. The first kappa shape index (κ1) is 27.1. The minimum absolute atomic E-state index is 0.0133. The summed E-state index contributed by atoms with van der Waals surface area (Å²) in [7, 11) is 2.94. The van der Waals surface area contributed by atoms with Gasteiger partial charge in [0.25, 0.3) is 5.88 Å². The van der Waals surface area contributed by atoms with Crippen LogP contribution in [-0.4, -0.2) is 34.5 Å². The van der Waals surface area contributed by atoms with Crippen molar-refractivity contribution in [2.75, 3.05) is 14.2 Å². The number of rotatable bonds is 8. The summed E-state index contributed by atoms with van der Waals surface area (Å²) in [6, 6.07) is 13.1. The van der Waals surface area contributed by atoms with Crippen molar-refractivity contribution in [2.45, 2.75) is 25.8 Å². The van der Waals surface area contributed by atoms with Crippen LogP contribution in [-0.2, 0) is 19.4 Å². The van der Waals surface area contributed by atoms with E-state index in [9.17, 15) is 14.0 Å². The van der Waals surface area contributed by atoms with Crippen LogP contribution in [0, 0.1) is 11.6 Å².